The number of carbonyl (C=O) groups is 4. The van der Waals surface area contributed by atoms with E-state index < -0.39 is 29.5 Å². The van der Waals surface area contributed by atoms with Crippen LogP contribution in [0.25, 0.3) is 0 Å². The maximum Gasteiger partial charge on any atom is 0.293 e. The van der Waals surface area contributed by atoms with E-state index in [9.17, 15) is 19.2 Å². The molecule has 0 aliphatic rings. The number of benzene rings is 1. The van der Waals surface area contributed by atoms with E-state index in [2.05, 4.69) is 25.8 Å². The second-order valence-electron chi connectivity index (χ2n) is 7.71. The van der Waals surface area contributed by atoms with Gasteiger partial charge in [-0.15, -0.1) is 0 Å². The van der Waals surface area contributed by atoms with Gasteiger partial charge in [-0.25, -0.2) is 4.99 Å². The first-order chi connectivity index (χ1) is 18.2. The van der Waals surface area contributed by atoms with Crippen molar-refractivity contribution in [2.45, 2.75) is 31.7 Å². The molecule has 14 nitrogen and oxygen atoms in total. The van der Waals surface area contributed by atoms with Gasteiger partial charge >= 0.3 is 0 Å². The minimum absolute atomic E-state index is 0.0849. The highest BCUT2D eigenvalue weighted by Gasteiger charge is 2.21. The smallest absolute Gasteiger partial charge is 0.293 e. The number of carbonyl (C=O) groups excluding carboxylic acids is 4. The van der Waals surface area contributed by atoms with Gasteiger partial charge in [-0.3, -0.25) is 24.2 Å². The van der Waals surface area contributed by atoms with Gasteiger partial charge in [-0.05, 0) is 37.8 Å². The van der Waals surface area contributed by atoms with E-state index in [0.717, 1.165) is 5.56 Å². The zero-order valence-electron chi connectivity index (χ0n) is 20.7. The highest BCUT2D eigenvalue weighted by Crippen LogP contribution is 2.05. The first-order valence-corrected chi connectivity index (χ1v) is 11.5. The number of nitrogens with two attached hydrogens (primary N) is 4. The van der Waals surface area contributed by atoms with Gasteiger partial charge in [0, 0.05) is 6.54 Å². The van der Waals surface area contributed by atoms with Crippen LogP contribution >= 0.6 is 0 Å². The number of allylic oxidation sites excluding steroid dienone is 1. The van der Waals surface area contributed by atoms with Gasteiger partial charge in [0.2, 0.25) is 5.91 Å². The number of hydrogen-bond acceptors (Lipinski definition) is 9. The molecule has 1 unspecified atom stereocenters. The summed E-state index contributed by atoms with van der Waals surface area (Å²) in [4.78, 5) is 56.9. The van der Waals surface area contributed by atoms with Gasteiger partial charge in [-0.1, -0.05) is 47.6 Å². The second kappa shape index (κ2) is 17.7. The van der Waals surface area contributed by atoms with Crippen molar-refractivity contribution in [1.29, 1.82) is 0 Å². The first-order valence-electron chi connectivity index (χ1n) is 11.5. The third-order valence-corrected chi connectivity index (χ3v) is 4.69. The molecule has 1 rings (SSSR count). The van der Waals surface area contributed by atoms with Gasteiger partial charge in [-0.2, -0.15) is 0 Å². The van der Waals surface area contributed by atoms with Gasteiger partial charge in [0.1, 0.15) is 17.1 Å². The molecule has 0 saturated heterocycles. The molecular weight excluding hydrogens is 494 g/mol. The fraction of sp³-hybridized carbons (Fsp3) is 0.292. The zero-order chi connectivity index (χ0) is 28.3. The summed E-state index contributed by atoms with van der Waals surface area (Å²) in [5.41, 5.74) is 22.0. The Balaban J connectivity index is 3.16. The lowest BCUT2D eigenvalue weighted by atomic mass is 10.1. The Labute approximate surface area is 219 Å². The molecule has 0 aliphatic carbocycles. The quantitative estimate of drug-likeness (QED) is 0.0268. The number of amides is 3. The van der Waals surface area contributed by atoms with E-state index in [-0.39, 0.29) is 43.0 Å². The molecule has 1 atom stereocenters. The average molecular weight is 528 g/mol. The summed E-state index contributed by atoms with van der Waals surface area (Å²) in [5, 5.41) is 16.1. The maximum absolute atomic E-state index is 13.1. The van der Waals surface area contributed by atoms with Crippen molar-refractivity contribution in [1.82, 2.24) is 10.6 Å². The van der Waals surface area contributed by atoms with Crippen LogP contribution in [0.2, 0.25) is 0 Å². The minimum atomic E-state index is -1.03. The van der Waals surface area contributed by atoms with E-state index in [1.54, 1.807) is 0 Å². The molecule has 11 N–H and O–H groups in total. The normalized spacial score (nSPS) is 13.1. The molecule has 0 heterocycles. The van der Waals surface area contributed by atoms with Crippen LogP contribution in [0.4, 0.5) is 0 Å². The number of rotatable bonds is 15. The lowest BCUT2D eigenvalue weighted by Crippen LogP contribution is -2.44. The van der Waals surface area contributed by atoms with Crippen LogP contribution in [0.1, 0.15) is 24.8 Å². The summed E-state index contributed by atoms with van der Waals surface area (Å²) in [7, 11) is 0. The number of aldehydes is 1. The monoisotopic (exact) mass is 527 g/mol. The topological polar surface area (TPSA) is 254 Å². The summed E-state index contributed by atoms with van der Waals surface area (Å²) < 4.78 is 0. The van der Waals surface area contributed by atoms with Crippen LogP contribution in [0.3, 0.4) is 0 Å². The van der Waals surface area contributed by atoms with Crippen molar-refractivity contribution >= 4 is 41.9 Å². The lowest BCUT2D eigenvalue weighted by molar-refractivity contribution is -0.124. The van der Waals surface area contributed by atoms with Gasteiger partial charge < -0.3 is 38.8 Å². The van der Waals surface area contributed by atoms with Crippen molar-refractivity contribution in [2.24, 2.45) is 38.1 Å². The molecule has 0 spiro atoms. The Kier molecular flexibility index (Phi) is 14.6. The van der Waals surface area contributed by atoms with E-state index in [4.69, 9.17) is 28.1 Å². The summed E-state index contributed by atoms with van der Waals surface area (Å²) in [6.45, 7) is 0.429. The SMILES string of the molecule is NCCC/C=C(\NC(=O)C(N)Cc1ccccc1)C(=O)N/C(=C\CCN=C(N)N)C(=O)N=C(C=O)C=NO. The number of hydrogen-bond donors (Lipinski definition) is 7. The minimum Gasteiger partial charge on any atom is -0.411 e. The van der Waals surface area contributed by atoms with Gasteiger partial charge in [0.15, 0.2) is 12.2 Å². The van der Waals surface area contributed by atoms with Crippen molar-refractivity contribution in [3.8, 4) is 0 Å². The highest BCUT2D eigenvalue weighted by atomic mass is 16.4. The predicted molar refractivity (Wildman–Crippen MR) is 143 cm³/mol. The fourth-order valence-electron chi connectivity index (χ4n) is 2.86. The number of guanidine groups is 1. The Bertz CT molecular complexity index is 1110. The molecule has 1 aromatic carbocycles. The summed E-state index contributed by atoms with van der Waals surface area (Å²) in [6.07, 6.45) is 4.79. The Morgan fingerprint density at radius 3 is 2.32 bits per heavy atom. The molecule has 0 bridgehead atoms. The van der Waals surface area contributed by atoms with Crippen molar-refractivity contribution < 1.29 is 24.4 Å². The number of nitrogens with zero attached hydrogens (tertiary/aromatic N) is 3. The maximum atomic E-state index is 13.1. The molecule has 0 aliphatic heterocycles. The number of nitrogens with one attached hydrogen (secondary N) is 2. The van der Waals surface area contributed by atoms with E-state index in [1.807, 2.05) is 30.3 Å². The highest BCUT2D eigenvalue weighted by molar-refractivity contribution is 6.55. The molecule has 0 aromatic heterocycles. The van der Waals surface area contributed by atoms with Crippen molar-refractivity contribution in [3.05, 3.63) is 59.4 Å². The van der Waals surface area contributed by atoms with Crippen LogP contribution in [0, 0.1) is 0 Å². The van der Waals surface area contributed by atoms with Gasteiger partial charge in [0.05, 0.1) is 12.3 Å². The molecular formula is C24H33N9O5. The molecule has 14 heteroatoms. The Morgan fingerprint density at radius 1 is 1.03 bits per heavy atom. The molecule has 0 fully saturated rings. The van der Waals surface area contributed by atoms with Gasteiger partial charge in [0.25, 0.3) is 11.8 Å². The molecule has 3 amide bonds. The number of aliphatic imine (C=N–C) groups is 2. The molecule has 0 radical (unpaired) electrons. The standard InChI is InChI=1S/C24H33N9O5/c25-11-5-4-9-19(32-21(35)18(26)13-16-7-2-1-3-8-16)23(37)33-20(10-6-12-29-24(27)28)22(36)31-17(15-34)14-30-38/h1-3,7-10,14-15,18,38H,4-6,11-13,25-26H2,(H,32,35)(H,33,37)(H4,27,28,29)/b19-9-,20-10-,30-14?,31-17?. The summed E-state index contributed by atoms with van der Waals surface area (Å²) in [5.74, 6) is -2.66. The molecule has 0 saturated carbocycles. The lowest BCUT2D eigenvalue weighted by Gasteiger charge is -2.15. The van der Waals surface area contributed by atoms with E-state index in [1.165, 1.54) is 12.2 Å². The second-order valence-corrected chi connectivity index (χ2v) is 7.71. The fourth-order valence-corrected chi connectivity index (χ4v) is 2.86. The zero-order valence-corrected chi connectivity index (χ0v) is 20.7. The predicted octanol–water partition coefficient (Wildman–Crippen LogP) is -1.41. The summed E-state index contributed by atoms with van der Waals surface area (Å²) >= 11 is 0. The number of oxime groups is 1. The Morgan fingerprint density at radius 2 is 1.71 bits per heavy atom. The van der Waals surface area contributed by atoms with Crippen molar-refractivity contribution in [2.75, 3.05) is 13.1 Å². The summed E-state index contributed by atoms with van der Waals surface area (Å²) in [6, 6.07) is 8.14. The average Bonchev–Trinajstić information content (AvgIpc) is 2.89. The number of unbranched alkanes of at least 4 members (excludes halogenated alkanes) is 1. The molecule has 38 heavy (non-hydrogen) atoms. The van der Waals surface area contributed by atoms with Crippen LogP contribution in [-0.2, 0) is 25.6 Å². The van der Waals surface area contributed by atoms with Crippen LogP contribution in [0.5, 0.6) is 0 Å². The van der Waals surface area contributed by atoms with E-state index in [0.29, 0.717) is 25.6 Å². The Hall–Kier alpha value is -4.69. The third kappa shape index (κ3) is 12.3. The van der Waals surface area contributed by atoms with Crippen LogP contribution in [0.15, 0.2) is 69.0 Å². The first kappa shape index (κ1) is 31.3. The van der Waals surface area contributed by atoms with Crippen LogP contribution < -0.4 is 33.6 Å². The van der Waals surface area contributed by atoms with Crippen molar-refractivity contribution in [3.63, 3.8) is 0 Å². The molecule has 1 aromatic rings. The van der Waals surface area contributed by atoms with Crippen LogP contribution in [-0.4, -0.2) is 66.2 Å². The third-order valence-electron chi connectivity index (χ3n) is 4.69. The largest absolute Gasteiger partial charge is 0.411 e. The molecule has 204 valence electrons. The van der Waals surface area contributed by atoms with E-state index >= 15 is 0 Å².